The largest absolute Gasteiger partial charge is 0.388 e. The van der Waals surface area contributed by atoms with Crippen molar-refractivity contribution in [1.29, 1.82) is 0 Å². The minimum Gasteiger partial charge on any atom is -0.388 e. The van der Waals surface area contributed by atoms with E-state index < -0.39 is 5.60 Å². The van der Waals surface area contributed by atoms with Crippen molar-refractivity contribution in [3.63, 3.8) is 0 Å². The van der Waals surface area contributed by atoms with Crippen LogP contribution in [0, 0.1) is 0 Å². The van der Waals surface area contributed by atoms with Gasteiger partial charge in [0.05, 0.1) is 11.8 Å². The van der Waals surface area contributed by atoms with Crippen LogP contribution in [0.4, 0.5) is 10.6 Å². The molecule has 1 aliphatic rings. The Kier molecular flexibility index (Phi) is 5.00. The third-order valence-corrected chi connectivity index (χ3v) is 3.76. The van der Waals surface area contributed by atoms with E-state index in [1.54, 1.807) is 16.9 Å². The van der Waals surface area contributed by atoms with Crippen molar-refractivity contribution in [2.75, 3.05) is 11.9 Å². The number of urea groups is 1. The number of aliphatic hydroxyl groups is 1. The Hall–Kier alpha value is -1.56. The van der Waals surface area contributed by atoms with Crippen molar-refractivity contribution in [2.45, 2.75) is 57.6 Å². The highest BCUT2D eigenvalue weighted by Crippen LogP contribution is 2.27. The molecule has 2 amide bonds. The fraction of sp³-hybridized carbons (Fsp3) is 0.714. The number of nitrogens with one attached hydrogen (secondary N) is 2. The molecule has 0 saturated heterocycles. The highest BCUT2D eigenvalue weighted by molar-refractivity contribution is 5.88. The van der Waals surface area contributed by atoms with Crippen LogP contribution in [0.15, 0.2) is 12.3 Å². The van der Waals surface area contributed by atoms with E-state index in [1.807, 2.05) is 0 Å². The molecule has 0 aliphatic heterocycles. The van der Waals surface area contributed by atoms with Crippen LogP contribution in [0.25, 0.3) is 0 Å². The van der Waals surface area contributed by atoms with Crippen LogP contribution in [0.1, 0.15) is 45.4 Å². The molecule has 0 bridgehead atoms. The van der Waals surface area contributed by atoms with E-state index in [0.717, 1.165) is 38.6 Å². The van der Waals surface area contributed by atoms with Gasteiger partial charge in [-0.2, -0.15) is 5.10 Å². The molecule has 0 atom stereocenters. The minimum atomic E-state index is -0.737. The highest BCUT2D eigenvalue weighted by atomic mass is 16.3. The van der Waals surface area contributed by atoms with Gasteiger partial charge in [0.15, 0.2) is 0 Å². The zero-order valence-electron chi connectivity index (χ0n) is 12.1. The van der Waals surface area contributed by atoms with Crippen molar-refractivity contribution in [3.8, 4) is 0 Å². The van der Waals surface area contributed by atoms with Crippen LogP contribution >= 0.6 is 0 Å². The van der Waals surface area contributed by atoms with Crippen LogP contribution in [0.2, 0.25) is 0 Å². The highest BCUT2D eigenvalue weighted by Gasteiger charge is 2.29. The Labute approximate surface area is 119 Å². The first-order valence-electron chi connectivity index (χ1n) is 7.42. The molecule has 20 heavy (non-hydrogen) atoms. The average molecular weight is 280 g/mol. The standard InChI is InChI=1S/C14H24N4O2/c1-2-10-18-12(6-9-16-18)17-13(19)15-11-14(20)7-4-3-5-8-14/h6,9,20H,2-5,7-8,10-11H2,1H3,(H2,15,17,19). The van der Waals surface area contributed by atoms with E-state index in [1.165, 1.54) is 6.42 Å². The molecule has 1 fully saturated rings. The summed E-state index contributed by atoms with van der Waals surface area (Å²) in [6.45, 7) is 3.14. The van der Waals surface area contributed by atoms with Crippen LogP contribution in [0.3, 0.4) is 0 Å². The van der Waals surface area contributed by atoms with E-state index in [9.17, 15) is 9.90 Å². The van der Waals surface area contributed by atoms with Gasteiger partial charge in [-0.3, -0.25) is 5.32 Å². The summed E-state index contributed by atoms with van der Waals surface area (Å²) in [5, 5.41) is 20.0. The van der Waals surface area contributed by atoms with Crippen molar-refractivity contribution in [3.05, 3.63) is 12.3 Å². The van der Waals surface area contributed by atoms with Gasteiger partial charge in [-0.05, 0) is 19.3 Å². The summed E-state index contributed by atoms with van der Waals surface area (Å²) in [6, 6.07) is 1.48. The SMILES string of the molecule is CCCn1nccc1NC(=O)NCC1(O)CCCCC1. The summed E-state index contributed by atoms with van der Waals surface area (Å²) in [5.41, 5.74) is -0.737. The van der Waals surface area contributed by atoms with Crippen molar-refractivity contribution in [1.82, 2.24) is 15.1 Å². The average Bonchev–Trinajstić information content (AvgIpc) is 2.85. The molecule has 6 nitrogen and oxygen atoms in total. The van der Waals surface area contributed by atoms with Crippen LogP contribution < -0.4 is 10.6 Å². The molecule has 1 heterocycles. The lowest BCUT2D eigenvalue weighted by Crippen LogP contribution is -2.45. The van der Waals surface area contributed by atoms with Gasteiger partial charge in [0.25, 0.3) is 0 Å². The van der Waals surface area contributed by atoms with Gasteiger partial charge < -0.3 is 10.4 Å². The van der Waals surface area contributed by atoms with E-state index in [2.05, 4.69) is 22.7 Å². The molecule has 1 aromatic rings. The molecule has 0 unspecified atom stereocenters. The predicted molar refractivity (Wildman–Crippen MR) is 77.6 cm³/mol. The Morgan fingerprint density at radius 3 is 2.90 bits per heavy atom. The Bertz CT molecular complexity index is 438. The second kappa shape index (κ2) is 6.74. The second-order valence-electron chi connectivity index (χ2n) is 5.53. The number of amides is 2. The maximum absolute atomic E-state index is 11.9. The molecular weight excluding hydrogens is 256 g/mol. The second-order valence-corrected chi connectivity index (χ2v) is 5.53. The Morgan fingerprint density at radius 1 is 1.45 bits per heavy atom. The van der Waals surface area contributed by atoms with Crippen LogP contribution in [-0.4, -0.2) is 33.1 Å². The first kappa shape index (κ1) is 14.8. The molecule has 1 aliphatic carbocycles. The lowest BCUT2D eigenvalue weighted by atomic mass is 9.85. The zero-order chi connectivity index (χ0) is 14.4. The third kappa shape index (κ3) is 3.96. The van der Waals surface area contributed by atoms with Gasteiger partial charge in [-0.25, -0.2) is 9.48 Å². The summed E-state index contributed by atoms with van der Waals surface area (Å²) in [4.78, 5) is 11.9. The van der Waals surface area contributed by atoms with Gasteiger partial charge in [0.2, 0.25) is 0 Å². The number of carbonyl (C=O) groups is 1. The maximum Gasteiger partial charge on any atom is 0.320 e. The van der Waals surface area contributed by atoms with Gasteiger partial charge in [0.1, 0.15) is 5.82 Å². The zero-order valence-corrected chi connectivity index (χ0v) is 12.1. The van der Waals surface area contributed by atoms with Gasteiger partial charge in [-0.15, -0.1) is 0 Å². The summed E-state index contributed by atoms with van der Waals surface area (Å²) >= 11 is 0. The topological polar surface area (TPSA) is 79.2 Å². The third-order valence-electron chi connectivity index (χ3n) is 3.76. The first-order chi connectivity index (χ1) is 9.63. The molecule has 6 heteroatoms. The maximum atomic E-state index is 11.9. The summed E-state index contributed by atoms with van der Waals surface area (Å²) in [5.74, 6) is 0.681. The number of hydrogen-bond donors (Lipinski definition) is 3. The predicted octanol–water partition coefficient (Wildman–Crippen LogP) is 2.11. The quantitative estimate of drug-likeness (QED) is 0.773. The number of nitrogens with zero attached hydrogens (tertiary/aromatic N) is 2. The number of aryl methyl sites for hydroxylation is 1. The minimum absolute atomic E-state index is 0.290. The van der Waals surface area contributed by atoms with Crippen molar-refractivity contribution < 1.29 is 9.90 Å². The molecule has 112 valence electrons. The fourth-order valence-corrected chi connectivity index (χ4v) is 2.62. The van der Waals surface area contributed by atoms with Crippen LogP contribution in [-0.2, 0) is 6.54 Å². The van der Waals surface area contributed by atoms with Gasteiger partial charge in [0, 0.05) is 19.2 Å². The molecule has 1 saturated carbocycles. The number of anilines is 1. The molecule has 0 radical (unpaired) electrons. The van der Waals surface area contributed by atoms with Gasteiger partial charge >= 0.3 is 6.03 Å². The lowest BCUT2D eigenvalue weighted by molar-refractivity contribution is 0.00755. The molecule has 3 N–H and O–H groups in total. The Balaban J connectivity index is 1.81. The molecular formula is C14H24N4O2. The first-order valence-corrected chi connectivity index (χ1v) is 7.42. The molecule has 0 spiro atoms. The van der Waals surface area contributed by atoms with Crippen molar-refractivity contribution >= 4 is 11.8 Å². The number of carbonyl (C=O) groups excluding carboxylic acids is 1. The van der Waals surface area contributed by atoms with E-state index >= 15 is 0 Å². The molecule has 1 aromatic heterocycles. The normalized spacial score (nSPS) is 17.7. The Morgan fingerprint density at radius 2 is 2.20 bits per heavy atom. The monoisotopic (exact) mass is 280 g/mol. The fourth-order valence-electron chi connectivity index (χ4n) is 2.62. The molecule has 2 rings (SSSR count). The van der Waals surface area contributed by atoms with Crippen molar-refractivity contribution in [2.24, 2.45) is 0 Å². The van der Waals surface area contributed by atoms with E-state index in [-0.39, 0.29) is 6.03 Å². The number of hydrogen-bond acceptors (Lipinski definition) is 3. The summed E-state index contributed by atoms with van der Waals surface area (Å²) in [7, 11) is 0. The smallest absolute Gasteiger partial charge is 0.320 e. The van der Waals surface area contributed by atoms with E-state index in [0.29, 0.717) is 12.4 Å². The van der Waals surface area contributed by atoms with E-state index in [4.69, 9.17) is 0 Å². The lowest BCUT2D eigenvalue weighted by Gasteiger charge is -2.32. The van der Waals surface area contributed by atoms with Gasteiger partial charge in [-0.1, -0.05) is 26.2 Å². The summed E-state index contributed by atoms with van der Waals surface area (Å²) < 4.78 is 1.76. The van der Waals surface area contributed by atoms with Crippen LogP contribution in [0.5, 0.6) is 0 Å². The summed E-state index contributed by atoms with van der Waals surface area (Å²) in [6.07, 6.45) is 7.39. The number of aromatic nitrogens is 2. The molecule has 0 aromatic carbocycles. The number of rotatable bonds is 5.